The quantitative estimate of drug-likeness (QED) is 0.617. The zero-order valence-electron chi connectivity index (χ0n) is 19.9. The minimum atomic E-state index is 0.452. The van der Waals surface area contributed by atoms with Gasteiger partial charge in [-0.15, -0.1) is 0 Å². The Hall–Kier alpha value is -2.91. The fraction of sp³-hybridized carbons (Fsp3) is 0.542. The predicted molar refractivity (Wildman–Crippen MR) is 127 cm³/mol. The Morgan fingerprint density at radius 1 is 1.30 bits per heavy atom. The number of methoxy groups -OCH3 is 1. The highest BCUT2D eigenvalue weighted by atomic mass is 16.5. The van der Waals surface area contributed by atoms with Gasteiger partial charge in [0.25, 0.3) is 0 Å². The van der Waals surface area contributed by atoms with Crippen molar-refractivity contribution in [1.29, 1.82) is 0 Å². The topological polar surface area (TPSA) is 82.3 Å². The first-order valence-electron chi connectivity index (χ1n) is 11.7. The molecule has 1 N–H and O–H groups in total. The number of ether oxygens (including phenoxy) is 2. The summed E-state index contributed by atoms with van der Waals surface area (Å²) in [5.74, 6) is 2.21. The first-order valence-corrected chi connectivity index (χ1v) is 11.7. The van der Waals surface area contributed by atoms with Crippen molar-refractivity contribution < 1.29 is 9.47 Å². The zero-order valence-corrected chi connectivity index (χ0v) is 19.9. The fourth-order valence-electron chi connectivity index (χ4n) is 4.86. The molecule has 1 unspecified atom stereocenters. The number of fused-ring (bicyclic) bond motifs is 1. The van der Waals surface area contributed by atoms with Gasteiger partial charge in [0, 0.05) is 48.4 Å². The number of aryl methyl sites for hydroxylation is 1. The number of nitrogens with one attached hydrogen (secondary N) is 1. The summed E-state index contributed by atoms with van der Waals surface area (Å²) in [6.07, 6.45) is 7.87. The number of rotatable bonds is 6. The molecule has 9 nitrogen and oxygen atoms in total. The monoisotopic (exact) mass is 451 g/mol. The van der Waals surface area contributed by atoms with Crippen LogP contribution in [0, 0.1) is 12.8 Å². The van der Waals surface area contributed by atoms with Crippen LogP contribution in [-0.4, -0.2) is 69.0 Å². The Bertz CT molecular complexity index is 1120. The highest BCUT2D eigenvalue weighted by Crippen LogP contribution is 2.33. The molecule has 0 aromatic carbocycles. The van der Waals surface area contributed by atoms with E-state index < -0.39 is 0 Å². The Labute approximate surface area is 194 Å². The minimum Gasteiger partial charge on any atom is -0.481 e. The van der Waals surface area contributed by atoms with Crippen molar-refractivity contribution >= 4 is 5.82 Å². The van der Waals surface area contributed by atoms with Crippen LogP contribution in [0.4, 0.5) is 5.82 Å². The Balaban J connectivity index is 1.45. The lowest BCUT2D eigenvalue weighted by Crippen LogP contribution is -2.28. The summed E-state index contributed by atoms with van der Waals surface area (Å²) in [6, 6.07) is 2.65. The van der Waals surface area contributed by atoms with Crippen LogP contribution in [0.25, 0.3) is 16.9 Å². The van der Waals surface area contributed by atoms with Gasteiger partial charge in [-0.25, -0.2) is 9.67 Å². The van der Waals surface area contributed by atoms with Gasteiger partial charge in [-0.3, -0.25) is 4.68 Å². The maximum Gasteiger partial charge on any atom is 0.216 e. The normalized spacial score (nSPS) is 18.9. The number of anilines is 1. The van der Waals surface area contributed by atoms with E-state index in [4.69, 9.17) is 14.6 Å². The zero-order chi connectivity index (χ0) is 22.9. The van der Waals surface area contributed by atoms with E-state index in [-0.39, 0.29) is 0 Å². The average Bonchev–Trinajstić information content (AvgIpc) is 3.50. The fourth-order valence-corrected chi connectivity index (χ4v) is 4.86. The van der Waals surface area contributed by atoms with E-state index in [9.17, 15) is 0 Å². The summed E-state index contributed by atoms with van der Waals surface area (Å²) in [4.78, 5) is 6.99. The Morgan fingerprint density at radius 3 is 2.94 bits per heavy atom. The van der Waals surface area contributed by atoms with E-state index >= 15 is 0 Å². The predicted octanol–water partition coefficient (Wildman–Crippen LogP) is 3.12. The molecule has 0 spiro atoms. The van der Waals surface area contributed by atoms with Gasteiger partial charge in [0.15, 0.2) is 0 Å². The Morgan fingerprint density at radius 2 is 2.18 bits per heavy atom. The molecule has 3 aromatic rings. The molecule has 2 aliphatic heterocycles. The molecule has 33 heavy (non-hydrogen) atoms. The van der Waals surface area contributed by atoms with Crippen molar-refractivity contribution in [3.63, 3.8) is 0 Å². The number of pyridine rings is 1. The number of hydrogen-bond acceptors (Lipinski definition) is 7. The SMILES string of the molecule is COc1ncc(-n2nc(-c3cnn(CC4CCN(C(C)C)C4)c3)c3c2NCOCC3)cc1C. The van der Waals surface area contributed by atoms with Crippen molar-refractivity contribution in [3.8, 4) is 22.8 Å². The molecular formula is C24H33N7O2. The summed E-state index contributed by atoms with van der Waals surface area (Å²) in [7, 11) is 1.63. The van der Waals surface area contributed by atoms with Crippen LogP contribution in [0.3, 0.4) is 0 Å². The molecule has 0 radical (unpaired) electrons. The second kappa shape index (κ2) is 9.15. The van der Waals surface area contributed by atoms with Crippen molar-refractivity contribution in [1.82, 2.24) is 29.4 Å². The van der Waals surface area contributed by atoms with Gasteiger partial charge in [-0.1, -0.05) is 0 Å². The van der Waals surface area contributed by atoms with Crippen molar-refractivity contribution in [3.05, 3.63) is 35.8 Å². The van der Waals surface area contributed by atoms with E-state index in [0.29, 0.717) is 31.2 Å². The smallest absolute Gasteiger partial charge is 0.216 e. The molecule has 0 saturated carbocycles. The molecule has 9 heteroatoms. The maximum atomic E-state index is 5.69. The van der Waals surface area contributed by atoms with Gasteiger partial charge in [0.05, 0.1) is 31.8 Å². The number of nitrogens with zero attached hydrogens (tertiary/aromatic N) is 6. The van der Waals surface area contributed by atoms with Crippen LogP contribution >= 0.6 is 0 Å². The van der Waals surface area contributed by atoms with Crippen LogP contribution < -0.4 is 10.1 Å². The lowest BCUT2D eigenvalue weighted by Gasteiger charge is -2.20. The third-order valence-corrected chi connectivity index (χ3v) is 6.67. The molecule has 1 saturated heterocycles. The van der Waals surface area contributed by atoms with Gasteiger partial charge >= 0.3 is 0 Å². The molecule has 176 valence electrons. The van der Waals surface area contributed by atoms with Gasteiger partial charge in [0.2, 0.25) is 5.88 Å². The van der Waals surface area contributed by atoms with Crippen molar-refractivity contribution in [2.45, 2.75) is 46.2 Å². The van der Waals surface area contributed by atoms with Crippen LogP contribution in [-0.2, 0) is 17.7 Å². The van der Waals surface area contributed by atoms with E-state index in [1.54, 1.807) is 13.3 Å². The maximum absolute atomic E-state index is 5.69. The van der Waals surface area contributed by atoms with Crippen LogP contribution in [0.2, 0.25) is 0 Å². The summed E-state index contributed by atoms with van der Waals surface area (Å²) in [5, 5.41) is 13.1. The lowest BCUT2D eigenvalue weighted by molar-refractivity contribution is 0.159. The van der Waals surface area contributed by atoms with E-state index in [1.165, 1.54) is 13.0 Å². The lowest BCUT2D eigenvalue weighted by atomic mass is 10.1. The molecule has 1 fully saturated rings. The van der Waals surface area contributed by atoms with Gasteiger partial charge < -0.3 is 19.7 Å². The largest absolute Gasteiger partial charge is 0.481 e. The van der Waals surface area contributed by atoms with Crippen molar-refractivity contribution in [2.75, 3.05) is 38.9 Å². The molecule has 5 rings (SSSR count). The summed E-state index contributed by atoms with van der Waals surface area (Å²) < 4.78 is 15.0. The molecule has 2 aliphatic rings. The summed E-state index contributed by atoms with van der Waals surface area (Å²) in [5.41, 5.74) is 4.97. The van der Waals surface area contributed by atoms with Crippen molar-refractivity contribution in [2.24, 2.45) is 5.92 Å². The first-order chi connectivity index (χ1) is 16.0. The second-order valence-corrected chi connectivity index (χ2v) is 9.28. The standard InChI is InChI=1S/C24H33N7O2/c1-16(2)29-7-5-18(12-29)13-30-14-19(10-27-30)22-21-6-8-33-15-26-23(21)31(28-22)20-9-17(3)24(32-4)25-11-20/h9-11,14,16,18,26H,5-8,12-13,15H2,1-4H3. The molecule has 3 aromatic heterocycles. The van der Waals surface area contributed by atoms with Crippen LogP contribution in [0.1, 0.15) is 31.4 Å². The first kappa shape index (κ1) is 21.9. The summed E-state index contributed by atoms with van der Waals surface area (Å²) in [6.45, 7) is 10.9. The second-order valence-electron chi connectivity index (χ2n) is 9.28. The number of hydrogen-bond donors (Lipinski definition) is 1. The van der Waals surface area contributed by atoms with Gasteiger partial charge in [0.1, 0.15) is 18.2 Å². The number of aromatic nitrogens is 5. The molecular weight excluding hydrogens is 418 g/mol. The molecule has 0 amide bonds. The third kappa shape index (κ3) is 4.35. The van der Waals surface area contributed by atoms with Gasteiger partial charge in [-0.05, 0) is 45.7 Å². The van der Waals surface area contributed by atoms with E-state index in [1.807, 2.05) is 23.9 Å². The molecule has 1 atom stereocenters. The summed E-state index contributed by atoms with van der Waals surface area (Å²) >= 11 is 0. The highest BCUT2D eigenvalue weighted by Gasteiger charge is 2.26. The Kier molecular flexibility index (Phi) is 6.07. The minimum absolute atomic E-state index is 0.452. The molecule has 5 heterocycles. The van der Waals surface area contributed by atoms with E-state index in [0.717, 1.165) is 53.4 Å². The van der Waals surface area contributed by atoms with E-state index in [2.05, 4.69) is 45.0 Å². The highest BCUT2D eigenvalue weighted by molar-refractivity contribution is 5.70. The third-order valence-electron chi connectivity index (χ3n) is 6.67. The van der Waals surface area contributed by atoms with Crippen LogP contribution in [0.15, 0.2) is 24.7 Å². The molecule has 0 bridgehead atoms. The number of likely N-dealkylation sites (tertiary alicyclic amines) is 1. The van der Waals surface area contributed by atoms with Gasteiger partial charge in [-0.2, -0.15) is 10.2 Å². The molecule has 0 aliphatic carbocycles. The van der Waals surface area contributed by atoms with Crippen LogP contribution in [0.5, 0.6) is 5.88 Å². The average molecular weight is 452 g/mol.